The first-order valence-electron chi connectivity index (χ1n) is 6.28. The van der Waals surface area contributed by atoms with Gasteiger partial charge in [0.15, 0.2) is 0 Å². The fourth-order valence-corrected chi connectivity index (χ4v) is 2.12. The molecule has 0 fully saturated rings. The van der Waals surface area contributed by atoms with Gasteiger partial charge in [0.2, 0.25) is 0 Å². The average molecular weight is 224 g/mol. The molecule has 0 saturated carbocycles. The van der Waals surface area contributed by atoms with E-state index in [4.69, 9.17) is 0 Å². The lowest BCUT2D eigenvalue weighted by Crippen LogP contribution is -2.32. The molecular formula is C12H24N4. The normalized spacial score (nSPS) is 13.3. The molecule has 0 aliphatic carbocycles. The zero-order valence-electron chi connectivity index (χ0n) is 10.9. The van der Waals surface area contributed by atoms with E-state index in [1.54, 1.807) is 6.33 Å². The summed E-state index contributed by atoms with van der Waals surface area (Å²) >= 11 is 0. The van der Waals surface area contributed by atoms with Crippen LogP contribution < -0.4 is 5.32 Å². The fourth-order valence-electron chi connectivity index (χ4n) is 2.12. The molecule has 0 aliphatic heterocycles. The molecule has 0 spiro atoms. The van der Waals surface area contributed by atoms with Crippen LogP contribution in [-0.2, 0) is 7.05 Å². The molecule has 1 rings (SSSR count). The minimum absolute atomic E-state index is 0.274. The van der Waals surface area contributed by atoms with E-state index in [9.17, 15) is 0 Å². The first-order chi connectivity index (χ1) is 7.69. The van der Waals surface area contributed by atoms with Gasteiger partial charge in [-0.15, -0.1) is 10.2 Å². The van der Waals surface area contributed by atoms with E-state index < -0.39 is 0 Å². The van der Waals surface area contributed by atoms with E-state index in [0.717, 1.165) is 5.82 Å². The second-order valence-corrected chi connectivity index (χ2v) is 4.46. The Balaban J connectivity index is 2.54. The van der Waals surface area contributed by atoms with Gasteiger partial charge in [0, 0.05) is 13.1 Å². The van der Waals surface area contributed by atoms with Gasteiger partial charge < -0.3 is 9.88 Å². The summed E-state index contributed by atoms with van der Waals surface area (Å²) in [5.41, 5.74) is 0. The number of rotatable bonds is 7. The van der Waals surface area contributed by atoms with Gasteiger partial charge in [0.05, 0.1) is 6.04 Å². The molecule has 4 nitrogen and oxygen atoms in total. The molecule has 0 saturated heterocycles. The van der Waals surface area contributed by atoms with Crippen LogP contribution in [0.3, 0.4) is 0 Å². The zero-order valence-corrected chi connectivity index (χ0v) is 10.9. The predicted octanol–water partition coefficient (Wildman–Crippen LogP) is 2.43. The smallest absolute Gasteiger partial charge is 0.149 e. The van der Waals surface area contributed by atoms with Crippen molar-refractivity contribution >= 4 is 0 Å². The van der Waals surface area contributed by atoms with E-state index in [1.807, 2.05) is 11.6 Å². The predicted molar refractivity (Wildman–Crippen MR) is 66.2 cm³/mol. The van der Waals surface area contributed by atoms with Gasteiger partial charge >= 0.3 is 0 Å². The van der Waals surface area contributed by atoms with Crippen molar-refractivity contribution in [1.29, 1.82) is 0 Å². The second-order valence-electron chi connectivity index (χ2n) is 4.46. The maximum Gasteiger partial charge on any atom is 0.149 e. The van der Waals surface area contributed by atoms with Gasteiger partial charge in [-0.1, -0.05) is 26.7 Å². The van der Waals surface area contributed by atoms with Gasteiger partial charge in [-0.25, -0.2) is 0 Å². The molecule has 1 aromatic heterocycles. The van der Waals surface area contributed by atoms with Crippen LogP contribution >= 0.6 is 0 Å². The Labute approximate surface area is 98.5 Å². The summed E-state index contributed by atoms with van der Waals surface area (Å²) in [5.74, 6) is 1.01. The Bertz CT molecular complexity index is 289. The summed E-state index contributed by atoms with van der Waals surface area (Å²) in [4.78, 5) is 0. The highest BCUT2D eigenvalue weighted by Crippen LogP contribution is 2.13. The summed E-state index contributed by atoms with van der Waals surface area (Å²) in [6, 6.07) is 0.872. The molecule has 0 bridgehead atoms. The third-order valence-electron chi connectivity index (χ3n) is 2.89. The Hall–Kier alpha value is -0.900. The van der Waals surface area contributed by atoms with E-state index >= 15 is 0 Å². The van der Waals surface area contributed by atoms with Gasteiger partial charge in [0.25, 0.3) is 0 Å². The van der Waals surface area contributed by atoms with Crippen molar-refractivity contribution in [3.05, 3.63) is 12.2 Å². The first kappa shape index (κ1) is 13.2. The van der Waals surface area contributed by atoms with Gasteiger partial charge in [0.1, 0.15) is 12.2 Å². The molecule has 0 amide bonds. The average Bonchev–Trinajstić information content (AvgIpc) is 2.65. The first-order valence-corrected chi connectivity index (χ1v) is 6.28. The maximum absolute atomic E-state index is 4.14. The molecule has 1 heterocycles. The van der Waals surface area contributed by atoms with Crippen molar-refractivity contribution in [1.82, 2.24) is 20.1 Å². The Morgan fingerprint density at radius 3 is 2.38 bits per heavy atom. The monoisotopic (exact) mass is 224 g/mol. The molecule has 0 radical (unpaired) electrons. The zero-order chi connectivity index (χ0) is 12.0. The third kappa shape index (κ3) is 3.59. The van der Waals surface area contributed by atoms with E-state index in [1.165, 1.54) is 25.7 Å². The van der Waals surface area contributed by atoms with Crippen molar-refractivity contribution in [2.24, 2.45) is 7.05 Å². The van der Waals surface area contributed by atoms with Crippen LogP contribution in [0.25, 0.3) is 0 Å². The number of nitrogens with zero attached hydrogens (tertiary/aromatic N) is 3. The molecule has 0 aromatic carbocycles. The van der Waals surface area contributed by atoms with Crippen LogP contribution in [0, 0.1) is 0 Å². The molecule has 1 aromatic rings. The molecule has 16 heavy (non-hydrogen) atoms. The van der Waals surface area contributed by atoms with E-state index in [-0.39, 0.29) is 6.04 Å². The SMILES string of the molecule is CCCC(CCC)NC(C)c1nncn1C. The number of hydrogen-bond acceptors (Lipinski definition) is 3. The lowest BCUT2D eigenvalue weighted by atomic mass is 10.1. The van der Waals surface area contributed by atoms with Crippen LogP contribution in [-0.4, -0.2) is 20.8 Å². The quantitative estimate of drug-likeness (QED) is 0.773. The topological polar surface area (TPSA) is 42.7 Å². The maximum atomic E-state index is 4.14. The van der Waals surface area contributed by atoms with Gasteiger partial charge in [-0.05, 0) is 19.8 Å². The van der Waals surface area contributed by atoms with Crippen molar-refractivity contribution in [3.8, 4) is 0 Å². The number of hydrogen-bond donors (Lipinski definition) is 1. The van der Waals surface area contributed by atoms with Crippen LogP contribution in [0.2, 0.25) is 0 Å². The largest absolute Gasteiger partial charge is 0.319 e. The van der Waals surface area contributed by atoms with Crippen LogP contribution in [0.15, 0.2) is 6.33 Å². The highest BCUT2D eigenvalue weighted by Gasteiger charge is 2.15. The van der Waals surface area contributed by atoms with Crippen LogP contribution in [0.5, 0.6) is 0 Å². The molecule has 4 heteroatoms. The number of nitrogens with one attached hydrogen (secondary N) is 1. The molecule has 1 atom stereocenters. The molecular weight excluding hydrogens is 200 g/mol. The van der Waals surface area contributed by atoms with Crippen LogP contribution in [0.4, 0.5) is 0 Å². The molecule has 1 unspecified atom stereocenters. The Morgan fingerprint density at radius 2 is 1.94 bits per heavy atom. The fraction of sp³-hybridized carbons (Fsp3) is 0.833. The molecule has 0 aliphatic rings. The number of aromatic nitrogens is 3. The lowest BCUT2D eigenvalue weighted by molar-refractivity contribution is 0.389. The van der Waals surface area contributed by atoms with E-state index in [0.29, 0.717) is 6.04 Å². The minimum Gasteiger partial charge on any atom is -0.319 e. The number of aryl methyl sites for hydroxylation is 1. The Kier molecular flexibility index (Phi) is 5.46. The standard InChI is InChI=1S/C12H24N4/c1-5-7-11(8-6-2)14-10(3)12-15-13-9-16(12)4/h9-11,14H,5-8H2,1-4H3. The van der Waals surface area contributed by atoms with Gasteiger partial charge in [-0.2, -0.15) is 0 Å². The summed E-state index contributed by atoms with van der Waals surface area (Å²) in [6.45, 7) is 6.62. The van der Waals surface area contributed by atoms with E-state index in [2.05, 4.69) is 36.3 Å². The molecule has 92 valence electrons. The summed E-state index contributed by atoms with van der Waals surface area (Å²) < 4.78 is 1.98. The lowest BCUT2D eigenvalue weighted by Gasteiger charge is -2.22. The minimum atomic E-state index is 0.274. The molecule has 1 N–H and O–H groups in total. The summed E-state index contributed by atoms with van der Waals surface area (Å²) in [7, 11) is 1.99. The van der Waals surface area contributed by atoms with Crippen molar-refractivity contribution in [2.75, 3.05) is 0 Å². The summed E-state index contributed by atoms with van der Waals surface area (Å²) in [5, 5.41) is 11.7. The van der Waals surface area contributed by atoms with Crippen LogP contribution in [0.1, 0.15) is 58.3 Å². The highest BCUT2D eigenvalue weighted by atomic mass is 15.3. The van der Waals surface area contributed by atoms with Crippen molar-refractivity contribution in [3.63, 3.8) is 0 Å². The summed E-state index contributed by atoms with van der Waals surface area (Å²) in [6.07, 6.45) is 6.67. The van der Waals surface area contributed by atoms with Gasteiger partial charge in [-0.3, -0.25) is 0 Å². The third-order valence-corrected chi connectivity index (χ3v) is 2.89. The second kappa shape index (κ2) is 6.63. The Morgan fingerprint density at radius 1 is 1.31 bits per heavy atom. The van der Waals surface area contributed by atoms with Crippen molar-refractivity contribution < 1.29 is 0 Å². The van der Waals surface area contributed by atoms with Crippen molar-refractivity contribution in [2.45, 2.75) is 58.5 Å². The highest BCUT2D eigenvalue weighted by molar-refractivity contribution is 4.93.